The topological polar surface area (TPSA) is 74.5 Å². The number of rotatable bonds is 7. The zero-order chi connectivity index (χ0) is 18.4. The number of aromatic nitrogens is 2. The maximum absolute atomic E-state index is 12.2. The van der Waals surface area contributed by atoms with Crippen LogP contribution in [0.4, 0.5) is 0 Å². The van der Waals surface area contributed by atoms with Gasteiger partial charge in [-0.15, -0.1) is 10.2 Å². The Morgan fingerprint density at radius 1 is 1.12 bits per heavy atom. The highest BCUT2D eigenvalue weighted by molar-refractivity contribution is 8.00. The van der Waals surface area contributed by atoms with Crippen LogP contribution in [0.25, 0.3) is 11.5 Å². The second kappa shape index (κ2) is 8.53. The van der Waals surface area contributed by atoms with Crippen LogP contribution in [0.2, 0.25) is 0 Å². The van der Waals surface area contributed by atoms with Crippen LogP contribution in [0.1, 0.15) is 17.7 Å². The molecule has 0 aliphatic rings. The van der Waals surface area contributed by atoms with Crippen molar-refractivity contribution in [3.05, 3.63) is 60.2 Å². The molecule has 1 unspecified atom stereocenters. The van der Waals surface area contributed by atoms with Crippen LogP contribution in [0, 0.1) is 0 Å². The maximum atomic E-state index is 12.2. The van der Waals surface area contributed by atoms with Gasteiger partial charge in [0, 0.05) is 0 Å². The number of carbonyl (C=O) groups excluding carboxylic acids is 1. The standard InChI is InChI=1S/C19H18N2O4S/c1-3-24-15-12-8-7-11-14(15)17-20-21-19(25-17)26-16(18(22)23-2)13-9-5-4-6-10-13/h4-12,16H,3H2,1-2H3. The summed E-state index contributed by atoms with van der Waals surface area (Å²) in [6.07, 6.45) is 0. The van der Waals surface area contributed by atoms with E-state index in [-0.39, 0.29) is 11.2 Å². The molecule has 0 amide bonds. The van der Waals surface area contributed by atoms with Gasteiger partial charge in [-0.1, -0.05) is 42.5 Å². The molecule has 0 saturated heterocycles. The first kappa shape index (κ1) is 18.0. The number of hydrogen-bond acceptors (Lipinski definition) is 7. The van der Waals surface area contributed by atoms with Gasteiger partial charge in [0.1, 0.15) is 11.0 Å². The van der Waals surface area contributed by atoms with Crippen molar-refractivity contribution < 1.29 is 18.7 Å². The molecule has 1 aromatic heterocycles. The largest absolute Gasteiger partial charge is 0.493 e. The van der Waals surface area contributed by atoms with Crippen molar-refractivity contribution in [3.63, 3.8) is 0 Å². The van der Waals surface area contributed by atoms with E-state index in [2.05, 4.69) is 10.2 Å². The van der Waals surface area contributed by atoms with Crippen molar-refractivity contribution in [2.75, 3.05) is 13.7 Å². The van der Waals surface area contributed by atoms with E-state index in [9.17, 15) is 4.79 Å². The minimum atomic E-state index is -0.586. The van der Waals surface area contributed by atoms with Crippen LogP contribution in [0.15, 0.2) is 64.2 Å². The summed E-state index contributed by atoms with van der Waals surface area (Å²) in [5.41, 5.74) is 1.52. The van der Waals surface area contributed by atoms with Gasteiger partial charge in [0.2, 0.25) is 0 Å². The van der Waals surface area contributed by atoms with E-state index in [1.807, 2.05) is 61.5 Å². The average molecular weight is 370 g/mol. The van der Waals surface area contributed by atoms with Crippen LogP contribution < -0.4 is 4.74 Å². The average Bonchev–Trinajstić information content (AvgIpc) is 3.15. The Morgan fingerprint density at radius 2 is 1.85 bits per heavy atom. The quantitative estimate of drug-likeness (QED) is 0.457. The molecule has 0 N–H and O–H groups in total. The lowest BCUT2D eigenvalue weighted by Crippen LogP contribution is -2.11. The summed E-state index contributed by atoms with van der Waals surface area (Å²) in [6, 6.07) is 16.8. The zero-order valence-corrected chi connectivity index (χ0v) is 15.2. The molecule has 7 heteroatoms. The van der Waals surface area contributed by atoms with Crippen LogP contribution >= 0.6 is 11.8 Å². The fourth-order valence-corrected chi connectivity index (χ4v) is 3.28. The molecule has 0 spiro atoms. The molecule has 0 saturated carbocycles. The monoisotopic (exact) mass is 370 g/mol. The summed E-state index contributed by atoms with van der Waals surface area (Å²) in [7, 11) is 1.36. The number of ether oxygens (including phenoxy) is 2. The lowest BCUT2D eigenvalue weighted by Gasteiger charge is -2.12. The van der Waals surface area contributed by atoms with E-state index < -0.39 is 5.25 Å². The van der Waals surface area contributed by atoms with E-state index in [1.165, 1.54) is 7.11 Å². The molecule has 26 heavy (non-hydrogen) atoms. The number of carbonyl (C=O) groups is 1. The Balaban J connectivity index is 1.86. The summed E-state index contributed by atoms with van der Waals surface area (Å²) >= 11 is 1.15. The van der Waals surface area contributed by atoms with E-state index in [0.29, 0.717) is 23.8 Å². The van der Waals surface area contributed by atoms with Gasteiger partial charge in [0.25, 0.3) is 11.1 Å². The minimum Gasteiger partial charge on any atom is -0.493 e. The number of nitrogens with zero attached hydrogens (tertiary/aromatic N) is 2. The summed E-state index contributed by atoms with van der Waals surface area (Å²) in [5.74, 6) is 0.631. The fourth-order valence-electron chi connectivity index (χ4n) is 2.38. The molecule has 0 aliphatic carbocycles. The van der Waals surface area contributed by atoms with Gasteiger partial charge >= 0.3 is 5.97 Å². The molecule has 3 rings (SSSR count). The molecular formula is C19H18N2O4S. The van der Waals surface area contributed by atoms with E-state index in [1.54, 1.807) is 0 Å². The van der Waals surface area contributed by atoms with Crippen molar-refractivity contribution in [2.45, 2.75) is 17.4 Å². The minimum absolute atomic E-state index is 0.283. The molecule has 1 atom stereocenters. The summed E-state index contributed by atoms with van der Waals surface area (Å²) in [6.45, 7) is 2.44. The predicted octanol–water partition coefficient (Wildman–Crippen LogP) is 4.14. The molecule has 0 radical (unpaired) electrons. The SMILES string of the molecule is CCOc1ccccc1-c1nnc(SC(C(=O)OC)c2ccccc2)o1. The Kier molecular flexibility index (Phi) is 5.91. The van der Waals surface area contributed by atoms with E-state index in [0.717, 1.165) is 17.3 Å². The van der Waals surface area contributed by atoms with Gasteiger partial charge in [-0.2, -0.15) is 0 Å². The Bertz CT molecular complexity index is 867. The molecule has 6 nitrogen and oxygen atoms in total. The second-order valence-electron chi connectivity index (χ2n) is 5.23. The van der Waals surface area contributed by atoms with Gasteiger partial charge in [-0.25, -0.2) is 0 Å². The first-order chi connectivity index (χ1) is 12.7. The highest BCUT2D eigenvalue weighted by Crippen LogP contribution is 2.37. The maximum Gasteiger partial charge on any atom is 0.323 e. The third kappa shape index (κ3) is 4.05. The Morgan fingerprint density at radius 3 is 2.58 bits per heavy atom. The molecule has 2 aromatic carbocycles. The van der Waals surface area contributed by atoms with Gasteiger partial charge in [-0.3, -0.25) is 4.79 Å². The highest BCUT2D eigenvalue weighted by atomic mass is 32.2. The number of hydrogen-bond donors (Lipinski definition) is 0. The van der Waals surface area contributed by atoms with Crippen molar-refractivity contribution >= 4 is 17.7 Å². The van der Waals surface area contributed by atoms with Gasteiger partial charge < -0.3 is 13.9 Å². The third-order valence-corrected chi connectivity index (χ3v) is 4.63. The molecular weight excluding hydrogens is 352 g/mol. The number of benzene rings is 2. The van der Waals surface area contributed by atoms with Crippen molar-refractivity contribution in [1.29, 1.82) is 0 Å². The van der Waals surface area contributed by atoms with Crippen LogP contribution in [0.3, 0.4) is 0 Å². The molecule has 3 aromatic rings. The highest BCUT2D eigenvalue weighted by Gasteiger charge is 2.26. The van der Waals surface area contributed by atoms with Crippen LogP contribution in [-0.4, -0.2) is 29.9 Å². The molecule has 0 aliphatic heterocycles. The summed E-state index contributed by atoms with van der Waals surface area (Å²) in [4.78, 5) is 12.2. The molecule has 0 fully saturated rings. The fraction of sp³-hybridized carbons (Fsp3) is 0.211. The van der Waals surface area contributed by atoms with E-state index >= 15 is 0 Å². The number of thioether (sulfide) groups is 1. The van der Waals surface area contributed by atoms with Gasteiger partial charge in [-0.05, 0) is 36.4 Å². The van der Waals surface area contributed by atoms with E-state index in [4.69, 9.17) is 13.9 Å². The van der Waals surface area contributed by atoms with Gasteiger partial charge in [0.15, 0.2) is 0 Å². The lowest BCUT2D eigenvalue weighted by molar-refractivity contribution is -0.140. The third-order valence-electron chi connectivity index (χ3n) is 3.56. The number of methoxy groups -OCH3 is 1. The first-order valence-corrected chi connectivity index (χ1v) is 8.96. The Labute approximate surface area is 155 Å². The summed E-state index contributed by atoms with van der Waals surface area (Å²) < 4.78 is 16.3. The Hall–Kier alpha value is -2.80. The molecule has 0 bridgehead atoms. The molecule has 134 valence electrons. The smallest absolute Gasteiger partial charge is 0.323 e. The summed E-state index contributed by atoms with van der Waals surface area (Å²) in [5, 5.41) is 7.85. The lowest BCUT2D eigenvalue weighted by atomic mass is 10.1. The number of esters is 1. The van der Waals surface area contributed by atoms with Gasteiger partial charge in [0.05, 0.1) is 19.3 Å². The van der Waals surface area contributed by atoms with Crippen molar-refractivity contribution in [1.82, 2.24) is 10.2 Å². The predicted molar refractivity (Wildman–Crippen MR) is 98.0 cm³/mol. The van der Waals surface area contributed by atoms with Crippen LogP contribution in [-0.2, 0) is 9.53 Å². The number of para-hydroxylation sites is 1. The first-order valence-electron chi connectivity index (χ1n) is 8.08. The zero-order valence-electron chi connectivity index (χ0n) is 14.4. The second-order valence-corrected chi connectivity index (χ2v) is 6.29. The normalized spacial score (nSPS) is 11.8. The van der Waals surface area contributed by atoms with Crippen molar-refractivity contribution in [2.24, 2.45) is 0 Å². The van der Waals surface area contributed by atoms with Crippen LogP contribution in [0.5, 0.6) is 5.75 Å². The molecule has 1 heterocycles. The van der Waals surface area contributed by atoms with Crippen molar-refractivity contribution in [3.8, 4) is 17.2 Å².